The van der Waals surface area contributed by atoms with E-state index < -0.39 is 7.26 Å². The van der Waals surface area contributed by atoms with Gasteiger partial charge in [-0.05, 0) is 34.6 Å². The Kier molecular flexibility index (Phi) is 8.87. The molecule has 0 bridgehead atoms. The molecule has 0 spiro atoms. The van der Waals surface area contributed by atoms with Gasteiger partial charge in [-0.1, -0.05) is 0 Å². The zero-order valence-corrected chi connectivity index (χ0v) is 11.6. The maximum absolute atomic E-state index is 2.39. The maximum atomic E-state index is 2.39. The van der Waals surface area contributed by atoms with Crippen LogP contribution in [-0.2, 0) is 0 Å². The average molecular weight is 288 g/mol. The molecule has 0 heterocycles. The number of rotatable bonds is 4. The summed E-state index contributed by atoms with van der Waals surface area (Å²) in [5.41, 5.74) is 0.951. The van der Waals surface area contributed by atoms with Gasteiger partial charge in [-0.3, -0.25) is 0 Å². The Labute approximate surface area is 89.9 Å². The Morgan fingerprint density at radius 3 is 1.18 bits per heavy atom. The van der Waals surface area contributed by atoms with Gasteiger partial charge < -0.3 is 24.0 Å². The summed E-state index contributed by atoms with van der Waals surface area (Å²) in [6, 6.07) is 0. The SMILES string of the molecule is CC[P+](CC)(CC)C(C)C.[I-]. The second-order valence-corrected chi connectivity index (χ2v) is 8.63. The molecule has 0 saturated carbocycles. The third-order valence-corrected chi connectivity index (χ3v) is 8.95. The second-order valence-electron chi connectivity index (χ2n) is 3.26. The van der Waals surface area contributed by atoms with E-state index in [0.717, 1.165) is 5.66 Å². The van der Waals surface area contributed by atoms with E-state index in [4.69, 9.17) is 0 Å². The van der Waals surface area contributed by atoms with Crippen molar-refractivity contribution >= 4 is 7.26 Å². The van der Waals surface area contributed by atoms with E-state index in [9.17, 15) is 0 Å². The molecule has 0 aliphatic rings. The molecule has 0 aromatic rings. The summed E-state index contributed by atoms with van der Waals surface area (Å²) >= 11 is 0. The fourth-order valence-corrected chi connectivity index (χ4v) is 5.30. The van der Waals surface area contributed by atoms with Crippen LogP contribution in [0.25, 0.3) is 0 Å². The van der Waals surface area contributed by atoms with Crippen molar-refractivity contribution in [1.82, 2.24) is 0 Å². The second kappa shape index (κ2) is 6.65. The molecule has 0 aliphatic carbocycles. The fourth-order valence-electron chi connectivity index (χ4n) is 1.77. The summed E-state index contributed by atoms with van der Waals surface area (Å²) < 4.78 is 0. The van der Waals surface area contributed by atoms with Gasteiger partial charge in [0.1, 0.15) is 0 Å². The van der Waals surface area contributed by atoms with Crippen LogP contribution in [-0.4, -0.2) is 24.1 Å². The molecule has 0 radical (unpaired) electrons. The van der Waals surface area contributed by atoms with Crippen molar-refractivity contribution in [3.05, 3.63) is 0 Å². The minimum atomic E-state index is -0.511. The third kappa shape index (κ3) is 3.59. The molecular formula is C9H22IP. The van der Waals surface area contributed by atoms with Gasteiger partial charge in [0.15, 0.2) is 0 Å². The molecule has 2 heteroatoms. The molecule has 11 heavy (non-hydrogen) atoms. The summed E-state index contributed by atoms with van der Waals surface area (Å²) in [6.07, 6.45) is 4.33. The van der Waals surface area contributed by atoms with Crippen LogP contribution in [0.1, 0.15) is 34.6 Å². The van der Waals surface area contributed by atoms with Crippen molar-refractivity contribution in [2.24, 2.45) is 0 Å². The Hall–Kier alpha value is 1.16. The Morgan fingerprint density at radius 2 is 1.18 bits per heavy atom. The molecule has 0 atom stereocenters. The largest absolute Gasteiger partial charge is 1.00 e. The van der Waals surface area contributed by atoms with E-state index in [0.29, 0.717) is 0 Å². The van der Waals surface area contributed by atoms with Gasteiger partial charge in [-0.2, -0.15) is 0 Å². The molecule has 0 aromatic carbocycles. The molecule has 0 fully saturated rings. The van der Waals surface area contributed by atoms with Gasteiger partial charge in [-0.25, -0.2) is 0 Å². The summed E-state index contributed by atoms with van der Waals surface area (Å²) in [5, 5.41) is 0. The molecule has 0 N–H and O–H groups in total. The van der Waals surface area contributed by atoms with Gasteiger partial charge in [0.05, 0.1) is 24.1 Å². The van der Waals surface area contributed by atoms with Crippen molar-refractivity contribution in [3.63, 3.8) is 0 Å². The first kappa shape index (κ1) is 14.7. The average Bonchev–Trinajstić information content (AvgIpc) is 1.92. The Bertz CT molecular complexity index is 79.3. The van der Waals surface area contributed by atoms with Gasteiger partial charge in [0.2, 0.25) is 0 Å². The highest BCUT2D eigenvalue weighted by Crippen LogP contribution is 2.61. The maximum Gasteiger partial charge on any atom is 0.0641 e. The fraction of sp³-hybridized carbons (Fsp3) is 1.00. The first-order valence-electron chi connectivity index (χ1n) is 4.48. The number of halogens is 1. The first-order chi connectivity index (χ1) is 4.63. The zero-order chi connectivity index (χ0) is 8.20. The predicted molar refractivity (Wildman–Crippen MR) is 53.7 cm³/mol. The monoisotopic (exact) mass is 288 g/mol. The molecular weight excluding hydrogens is 266 g/mol. The quantitative estimate of drug-likeness (QED) is 0.521. The smallest absolute Gasteiger partial charge is 0.0641 e. The normalized spacial score (nSPS) is 11.5. The van der Waals surface area contributed by atoms with Crippen molar-refractivity contribution in [3.8, 4) is 0 Å². The third-order valence-electron chi connectivity index (χ3n) is 2.98. The van der Waals surface area contributed by atoms with Crippen molar-refractivity contribution in [1.29, 1.82) is 0 Å². The van der Waals surface area contributed by atoms with Crippen molar-refractivity contribution in [2.75, 3.05) is 18.5 Å². The first-order valence-corrected chi connectivity index (χ1v) is 6.90. The van der Waals surface area contributed by atoms with Gasteiger partial charge in [-0.15, -0.1) is 0 Å². The molecule has 0 aromatic heterocycles. The summed E-state index contributed by atoms with van der Waals surface area (Å²) in [5.74, 6) is 0. The molecule has 0 nitrogen and oxygen atoms in total. The van der Waals surface area contributed by atoms with Crippen LogP contribution >= 0.6 is 7.26 Å². The predicted octanol–water partition coefficient (Wildman–Crippen LogP) is 0.476. The van der Waals surface area contributed by atoms with E-state index in [1.807, 2.05) is 0 Å². The molecule has 70 valence electrons. The lowest BCUT2D eigenvalue weighted by molar-refractivity contribution is -0.00000248. The summed E-state index contributed by atoms with van der Waals surface area (Å²) in [7, 11) is -0.511. The van der Waals surface area contributed by atoms with Crippen LogP contribution in [0.3, 0.4) is 0 Å². The van der Waals surface area contributed by atoms with Crippen LogP contribution in [0.15, 0.2) is 0 Å². The standard InChI is InChI=1S/C9H22P.HI/c1-6-10(7-2,8-3)9(4)5;/h9H,6-8H2,1-5H3;1H/q+1;/p-1. The lowest BCUT2D eigenvalue weighted by Gasteiger charge is -2.27. The molecule has 0 rings (SSSR count). The van der Waals surface area contributed by atoms with Crippen LogP contribution in [0.4, 0.5) is 0 Å². The summed E-state index contributed by atoms with van der Waals surface area (Å²) in [4.78, 5) is 0. The van der Waals surface area contributed by atoms with E-state index in [1.165, 1.54) is 18.5 Å². The lowest BCUT2D eigenvalue weighted by atomic mass is 10.6. The highest BCUT2D eigenvalue weighted by Gasteiger charge is 2.34. The van der Waals surface area contributed by atoms with E-state index in [-0.39, 0.29) is 24.0 Å². The minimum absolute atomic E-state index is 0. The van der Waals surface area contributed by atoms with Crippen molar-refractivity contribution in [2.45, 2.75) is 40.3 Å². The Balaban J connectivity index is 0. The molecule has 0 amide bonds. The highest BCUT2D eigenvalue weighted by molar-refractivity contribution is 7.76. The number of hydrogen-bond acceptors (Lipinski definition) is 0. The summed E-state index contributed by atoms with van der Waals surface area (Å²) in [6.45, 7) is 11.9. The highest BCUT2D eigenvalue weighted by atomic mass is 127. The zero-order valence-electron chi connectivity index (χ0n) is 8.52. The van der Waals surface area contributed by atoms with Gasteiger partial charge >= 0.3 is 0 Å². The molecule has 0 unspecified atom stereocenters. The van der Waals surface area contributed by atoms with Crippen LogP contribution in [0, 0.1) is 0 Å². The van der Waals surface area contributed by atoms with Gasteiger partial charge in [0.25, 0.3) is 0 Å². The molecule has 0 saturated heterocycles. The van der Waals surface area contributed by atoms with Crippen molar-refractivity contribution < 1.29 is 24.0 Å². The van der Waals surface area contributed by atoms with Gasteiger partial charge in [0, 0.05) is 7.26 Å². The van der Waals surface area contributed by atoms with E-state index >= 15 is 0 Å². The Morgan fingerprint density at radius 1 is 0.909 bits per heavy atom. The number of hydrogen-bond donors (Lipinski definition) is 0. The van der Waals surface area contributed by atoms with E-state index in [1.54, 1.807) is 0 Å². The van der Waals surface area contributed by atoms with Crippen LogP contribution < -0.4 is 24.0 Å². The van der Waals surface area contributed by atoms with Crippen LogP contribution in [0.2, 0.25) is 0 Å². The lowest BCUT2D eigenvalue weighted by Crippen LogP contribution is -3.00. The minimum Gasteiger partial charge on any atom is -1.00 e. The van der Waals surface area contributed by atoms with Crippen LogP contribution in [0.5, 0.6) is 0 Å². The van der Waals surface area contributed by atoms with E-state index in [2.05, 4.69) is 34.6 Å². The molecule has 0 aliphatic heterocycles. The topological polar surface area (TPSA) is 0 Å².